The van der Waals surface area contributed by atoms with E-state index in [0.29, 0.717) is 11.4 Å². The molecule has 3 aromatic carbocycles. The maximum absolute atomic E-state index is 12.9. The number of hydrogen-bond acceptors (Lipinski definition) is 4. The van der Waals surface area contributed by atoms with Gasteiger partial charge >= 0.3 is 0 Å². The molecule has 168 valence electrons. The van der Waals surface area contributed by atoms with E-state index in [0.717, 1.165) is 48.0 Å². The van der Waals surface area contributed by atoms with Crippen LogP contribution in [0.15, 0.2) is 83.8 Å². The number of nitrogens with zero attached hydrogens (tertiary/aromatic N) is 2. The quantitative estimate of drug-likeness (QED) is 0.554. The molecule has 0 saturated carbocycles. The summed E-state index contributed by atoms with van der Waals surface area (Å²) in [5.41, 5.74) is 3.18. The van der Waals surface area contributed by atoms with Crippen LogP contribution in [0, 0.1) is 6.92 Å². The third-order valence-corrected chi connectivity index (χ3v) is 7.69. The Morgan fingerprint density at radius 3 is 2.16 bits per heavy atom. The third kappa shape index (κ3) is 5.33. The predicted molar refractivity (Wildman–Crippen MR) is 131 cm³/mol. The summed E-state index contributed by atoms with van der Waals surface area (Å²) in [6.45, 7) is 5.55. The van der Waals surface area contributed by atoms with Gasteiger partial charge in [-0.3, -0.25) is 4.90 Å². The van der Waals surface area contributed by atoms with Gasteiger partial charge in [0.2, 0.25) is 10.0 Å². The Morgan fingerprint density at radius 1 is 0.875 bits per heavy atom. The number of anilines is 1. The molecule has 1 saturated heterocycles. The van der Waals surface area contributed by atoms with Crippen molar-refractivity contribution in [3.05, 3.63) is 95.0 Å². The van der Waals surface area contributed by atoms with Gasteiger partial charge in [0.15, 0.2) is 0 Å². The van der Waals surface area contributed by atoms with Crippen LogP contribution >= 0.6 is 11.6 Å². The average Bonchev–Trinajstić information content (AvgIpc) is 2.81. The van der Waals surface area contributed by atoms with Gasteiger partial charge in [-0.25, -0.2) is 13.1 Å². The van der Waals surface area contributed by atoms with E-state index in [1.165, 1.54) is 0 Å². The molecule has 0 aliphatic carbocycles. The summed E-state index contributed by atoms with van der Waals surface area (Å²) in [7, 11) is -3.58. The zero-order chi connectivity index (χ0) is 22.6. The molecule has 1 atom stereocenters. The Kier molecular flexibility index (Phi) is 7.16. The minimum Gasteiger partial charge on any atom is -0.368 e. The fourth-order valence-electron chi connectivity index (χ4n) is 4.11. The molecule has 0 radical (unpaired) electrons. The van der Waals surface area contributed by atoms with E-state index >= 15 is 0 Å². The standard InChI is InChI=1S/C25H28ClN3O2S/c1-20-11-13-22(14-12-20)32(30,31)27-19-25(21-7-3-2-4-8-21)29-17-15-28(16-18-29)24-10-6-5-9-23(24)26/h2-14,25,27H,15-19H2,1H3/t25-/m1/s1. The van der Waals surface area contributed by atoms with Crippen molar-refractivity contribution in [3.63, 3.8) is 0 Å². The molecule has 1 N–H and O–H groups in total. The molecule has 0 spiro atoms. The maximum Gasteiger partial charge on any atom is 0.240 e. The van der Waals surface area contributed by atoms with Crippen molar-refractivity contribution in [2.75, 3.05) is 37.6 Å². The summed E-state index contributed by atoms with van der Waals surface area (Å²) in [6.07, 6.45) is 0. The molecule has 4 rings (SSSR count). The topological polar surface area (TPSA) is 52.7 Å². The highest BCUT2D eigenvalue weighted by atomic mass is 35.5. The molecule has 0 unspecified atom stereocenters. The lowest BCUT2D eigenvalue weighted by molar-refractivity contribution is 0.187. The number of halogens is 1. The van der Waals surface area contributed by atoms with E-state index in [4.69, 9.17) is 11.6 Å². The van der Waals surface area contributed by atoms with Crippen molar-refractivity contribution in [1.29, 1.82) is 0 Å². The molecule has 5 nitrogen and oxygen atoms in total. The van der Waals surface area contributed by atoms with Crippen molar-refractivity contribution < 1.29 is 8.42 Å². The number of aryl methyl sites for hydroxylation is 1. The van der Waals surface area contributed by atoms with Gasteiger partial charge in [0.05, 0.1) is 15.6 Å². The summed E-state index contributed by atoms with van der Waals surface area (Å²) in [4.78, 5) is 4.93. The fraction of sp³-hybridized carbons (Fsp3) is 0.280. The second kappa shape index (κ2) is 10.0. The molecule has 1 aliphatic heterocycles. The summed E-state index contributed by atoms with van der Waals surface area (Å²) in [6, 6.07) is 24.9. The monoisotopic (exact) mass is 469 g/mol. The molecule has 0 amide bonds. The van der Waals surface area contributed by atoms with Crippen molar-refractivity contribution in [3.8, 4) is 0 Å². The zero-order valence-electron chi connectivity index (χ0n) is 18.1. The molecule has 0 aromatic heterocycles. The molecule has 7 heteroatoms. The predicted octanol–water partition coefficient (Wildman–Crippen LogP) is 4.49. The van der Waals surface area contributed by atoms with Gasteiger partial charge in [-0.2, -0.15) is 0 Å². The SMILES string of the molecule is Cc1ccc(S(=O)(=O)NC[C@H](c2ccccc2)N2CCN(c3ccccc3Cl)CC2)cc1. The lowest BCUT2D eigenvalue weighted by Gasteiger charge is -2.40. The number of hydrogen-bond donors (Lipinski definition) is 1. The second-order valence-corrected chi connectivity index (χ2v) is 10.2. The van der Waals surface area contributed by atoms with Crippen LogP contribution in [0.25, 0.3) is 0 Å². The van der Waals surface area contributed by atoms with Gasteiger partial charge in [-0.05, 0) is 36.8 Å². The van der Waals surface area contributed by atoms with Crippen molar-refractivity contribution in [1.82, 2.24) is 9.62 Å². The Labute approximate surface area is 195 Å². The first-order valence-corrected chi connectivity index (χ1v) is 12.6. The van der Waals surface area contributed by atoms with Crippen LogP contribution in [0.5, 0.6) is 0 Å². The Bertz CT molecular complexity index is 1130. The zero-order valence-corrected chi connectivity index (χ0v) is 19.7. The van der Waals surface area contributed by atoms with Crippen LogP contribution in [-0.2, 0) is 10.0 Å². The molecule has 3 aromatic rings. The van der Waals surface area contributed by atoms with E-state index < -0.39 is 10.0 Å². The molecule has 32 heavy (non-hydrogen) atoms. The molecule has 1 heterocycles. The molecular formula is C25H28ClN3O2S. The summed E-state index contributed by atoms with van der Waals surface area (Å²) in [5.74, 6) is 0. The maximum atomic E-state index is 12.9. The van der Waals surface area contributed by atoms with Crippen LogP contribution < -0.4 is 9.62 Å². The van der Waals surface area contributed by atoms with Crippen LogP contribution in [0.1, 0.15) is 17.2 Å². The van der Waals surface area contributed by atoms with Gasteiger partial charge in [0.25, 0.3) is 0 Å². The highest BCUT2D eigenvalue weighted by molar-refractivity contribution is 7.89. The van der Waals surface area contributed by atoms with Gasteiger partial charge < -0.3 is 4.90 Å². The van der Waals surface area contributed by atoms with E-state index in [9.17, 15) is 8.42 Å². The lowest BCUT2D eigenvalue weighted by atomic mass is 10.0. The van der Waals surface area contributed by atoms with Gasteiger partial charge in [-0.1, -0.05) is 71.8 Å². The van der Waals surface area contributed by atoms with E-state index in [1.54, 1.807) is 12.1 Å². The van der Waals surface area contributed by atoms with Gasteiger partial charge in [-0.15, -0.1) is 0 Å². The summed E-state index contributed by atoms with van der Waals surface area (Å²) in [5, 5.41) is 0.756. The average molecular weight is 470 g/mol. The normalized spacial score (nSPS) is 16.1. The van der Waals surface area contributed by atoms with Crippen LogP contribution in [-0.4, -0.2) is 46.0 Å². The van der Waals surface area contributed by atoms with Gasteiger partial charge in [0.1, 0.15) is 0 Å². The fourth-order valence-corrected chi connectivity index (χ4v) is 5.40. The number of piperazine rings is 1. The minimum absolute atomic E-state index is 0.0511. The van der Waals surface area contributed by atoms with Crippen molar-refractivity contribution in [2.45, 2.75) is 17.9 Å². The minimum atomic E-state index is -3.58. The first kappa shape index (κ1) is 22.8. The second-order valence-electron chi connectivity index (χ2n) is 8.07. The molecule has 1 fully saturated rings. The highest BCUT2D eigenvalue weighted by Crippen LogP contribution is 2.28. The first-order chi connectivity index (χ1) is 15.4. The molecule has 0 bridgehead atoms. The van der Waals surface area contributed by atoms with E-state index in [2.05, 4.69) is 26.7 Å². The number of sulfonamides is 1. The van der Waals surface area contributed by atoms with E-state index in [1.807, 2.05) is 61.5 Å². The smallest absolute Gasteiger partial charge is 0.240 e. The number of nitrogens with one attached hydrogen (secondary N) is 1. The Morgan fingerprint density at radius 2 is 1.50 bits per heavy atom. The summed E-state index contributed by atoms with van der Waals surface area (Å²) >= 11 is 6.39. The molecular weight excluding hydrogens is 442 g/mol. The number of rotatable bonds is 7. The van der Waals surface area contributed by atoms with Crippen molar-refractivity contribution >= 4 is 27.3 Å². The highest BCUT2D eigenvalue weighted by Gasteiger charge is 2.27. The van der Waals surface area contributed by atoms with E-state index in [-0.39, 0.29) is 6.04 Å². The van der Waals surface area contributed by atoms with Crippen LogP contribution in [0.3, 0.4) is 0 Å². The third-order valence-electron chi connectivity index (χ3n) is 5.93. The number of benzene rings is 3. The Hall–Kier alpha value is -2.38. The van der Waals surface area contributed by atoms with Crippen molar-refractivity contribution in [2.24, 2.45) is 0 Å². The Balaban J connectivity index is 1.48. The first-order valence-electron chi connectivity index (χ1n) is 10.8. The molecule has 1 aliphatic rings. The largest absolute Gasteiger partial charge is 0.368 e. The number of para-hydroxylation sites is 1. The lowest BCUT2D eigenvalue weighted by Crippen LogP contribution is -2.50. The van der Waals surface area contributed by atoms with Gasteiger partial charge in [0, 0.05) is 38.8 Å². The van der Waals surface area contributed by atoms with Crippen LogP contribution in [0.2, 0.25) is 5.02 Å². The van der Waals surface area contributed by atoms with Crippen LogP contribution in [0.4, 0.5) is 5.69 Å². The summed E-state index contributed by atoms with van der Waals surface area (Å²) < 4.78 is 28.6.